The highest BCUT2D eigenvalue weighted by Gasteiger charge is 2.23. The van der Waals surface area contributed by atoms with Crippen molar-refractivity contribution in [2.75, 3.05) is 18.9 Å². The molecule has 4 heterocycles. The van der Waals surface area contributed by atoms with Crippen LogP contribution in [-0.4, -0.2) is 61.4 Å². The molecule has 166 valence electrons. The van der Waals surface area contributed by atoms with Crippen molar-refractivity contribution in [3.8, 4) is 11.1 Å². The summed E-state index contributed by atoms with van der Waals surface area (Å²) < 4.78 is 27.6. The number of carbonyl (C=O) groups is 1. The zero-order valence-electron chi connectivity index (χ0n) is 17.8. The van der Waals surface area contributed by atoms with Crippen LogP contribution in [0, 0.1) is 6.92 Å². The molecule has 1 aromatic carbocycles. The molecule has 5 rings (SSSR count). The molecule has 1 amide bonds. The van der Waals surface area contributed by atoms with Crippen LogP contribution in [0.2, 0.25) is 0 Å². The van der Waals surface area contributed by atoms with Crippen molar-refractivity contribution in [1.29, 1.82) is 0 Å². The standard InChI is InChI=1S/C22H23F2N7O/c1-12-27-17-5-3-13(7-18(17)31(12)11-19(23)24)15-8-25-21-16(15)9-26-22(29-21)28-14-4-6-20(32)30(2)10-14/h3,5,7-9,14,19H,4,6,10-11H2,1-2H3,(H2,25,26,28,29). The molecule has 0 radical (unpaired) electrons. The van der Waals surface area contributed by atoms with Crippen LogP contribution in [0.3, 0.4) is 0 Å². The SMILES string of the molecule is Cc1nc2ccc(-c3c[nH]c4nc(NC5CCC(=O)N(C)C5)ncc34)cc2n1CC(F)F. The summed E-state index contributed by atoms with van der Waals surface area (Å²) >= 11 is 0. The fourth-order valence-corrected chi connectivity index (χ4v) is 4.31. The first-order chi connectivity index (χ1) is 15.4. The van der Waals surface area contributed by atoms with Gasteiger partial charge in [0.2, 0.25) is 11.9 Å². The summed E-state index contributed by atoms with van der Waals surface area (Å²) in [6, 6.07) is 5.74. The summed E-state index contributed by atoms with van der Waals surface area (Å²) in [6.07, 6.45) is 2.39. The number of aryl methyl sites for hydroxylation is 1. The van der Waals surface area contributed by atoms with Crippen LogP contribution in [0.1, 0.15) is 18.7 Å². The number of nitrogens with one attached hydrogen (secondary N) is 2. The van der Waals surface area contributed by atoms with Gasteiger partial charge in [-0.15, -0.1) is 0 Å². The number of aromatic amines is 1. The highest BCUT2D eigenvalue weighted by Crippen LogP contribution is 2.31. The van der Waals surface area contributed by atoms with Crippen LogP contribution >= 0.6 is 0 Å². The minimum Gasteiger partial charge on any atom is -0.350 e. The smallest absolute Gasteiger partial charge is 0.256 e. The Hall–Kier alpha value is -3.56. The maximum atomic E-state index is 13.0. The number of fused-ring (bicyclic) bond motifs is 2. The van der Waals surface area contributed by atoms with Gasteiger partial charge in [0.05, 0.1) is 17.6 Å². The third kappa shape index (κ3) is 3.65. The Morgan fingerprint density at radius 3 is 2.94 bits per heavy atom. The second kappa shape index (κ2) is 7.85. The summed E-state index contributed by atoms with van der Waals surface area (Å²) in [4.78, 5) is 30.0. The predicted molar refractivity (Wildman–Crippen MR) is 118 cm³/mol. The van der Waals surface area contributed by atoms with E-state index in [1.165, 1.54) is 0 Å². The molecule has 1 atom stereocenters. The molecule has 10 heteroatoms. The van der Waals surface area contributed by atoms with Gasteiger partial charge in [-0.1, -0.05) is 6.07 Å². The Balaban J connectivity index is 1.45. The Morgan fingerprint density at radius 1 is 1.31 bits per heavy atom. The van der Waals surface area contributed by atoms with Crippen LogP contribution < -0.4 is 5.32 Å². The molecule has 1 aliphatic rings. The summed E-state index contributed by atoms with van der Waals surface area (Å²) in [5, 5.41) is 4.14. The van der Waals surface area contributed by atoms with Gasteiger partial charge in [-0.25, -0.2) is 18.7 Å². The lowest BCUT2D eigenvalue weighted by Gasteiger charge is -2.30. The average molecular weight is 439 g/mol. The summed E-state index contributed by atoms with van der Waals surface area (Å²) in [5.74, 6) is 1.21. The lowest BCUT2D eigenvalue weighted by molar-refractivity contribution is -0.132. The van der Waals surface area contributed by atoms with Gasteiger partial charge in [0.15, 0.2) is 0 Å². The summed E-state index contributed by atoms with van der Waals surface area (Å²) in [5.41, 5.74) is 3.79. The number of H-pyrrole nitrogens is 1. The van der Waals surface area contributed by atoms with E-state index in [0.717, 1.165) is 22.9 Å². The van der Waals surface area contributed by atoms with Crippen LogP contribution in [0.15, 0.2) is 30.6 Å². The number of alkyl halides is 2. The molecule has 1 fully saturated rings. The fraction of sp³-hybridized carbons (Fsp3) is 0.364. The van der Waals surface area contributed by atoms with E-state index < -0.39 is 6.43 Å². The van der Waals surface area contributed by atoms with E-state index in [2.05, 4.69) is 25.3 Å². The zero-order chi connectivity index (χ0) is 22.4. The zero-order valence-corrected chi connectivity index (χ0v) is 17.8. The first kappa shape index (κ1) is 20.3. The Bertz CT molecular complexity index is 1310. The highest BCUT2D eigenvalue weighted by molar-refractivity contribution is 5.95. The van der Waals surface area contributed by atoms with Crippen molar-refractivity contribution < 1.29 is 13.6 Å². The first-order valence-electron chi connectivity index (χ1n) is 10.5. The maximum absolute atomic E-state index is 13.0. The topological polar surface area (TPSA) is 91.7 Å². The third-order valence-corrected chi connectivity index (χ3v) is 5.96. The van der Waals surface area contributed by atoms with Gasteiger partial charge >= 0.3 is 0 Å². The number of nitrogens with zero attached hydrogens (tertiary/aromatic N) is 5. The van der Waals surface area contributed by atoms with Gasteiger partial charge in [0.1, 0.15) is 11.5 Å². The molecule has 0 spiro atoms. The van der Waals surface area contributed by atoms with Gasteiger partial charge in [0.25, 0.3) is 6.43 Å². The summed E-state index contributed by atoms with van der Waals surface area (Å²) in [6.45, 7) is 1.96. The van der Waals surface area contributed by atoms with E-state index in [0.29, 0.717) is 41.4 Å². The second-order valence-electron chi connectivity index (χ2n) is 8.18. The lowest BCUT2D eigenvalue weighted by Crippen LogP contribution is -2.43. The van der Waals surface area contributed by atoms with Crippen molar-refractivity contribution in [3.63, 3.8) is 0 Å². The number of likely N-dealkylation sites (N-methyl/N-ethyl adjacent to an activating group) is 1. The monoisotopic (exact) mass is 439 g/mol. The average Bonchev–Trinajstić information content (AvgIpc) is 3.31. The van der Waals surface area contributed by atoms with Crippen LogP contribution in [0.5, 0.6) is 0 Å². The molecule has 1 saturated heterocycles. The Morgan fingerprint density at radius 2 is 2.16 bits per heavy atom. The second-order valence-corrected chi connectivity index (χ2v) is 8.18. The third-order valence-electron chi connectivity index (χ3n) is 5.96. The molecule has 8 nitrogen and oxygen atoms in total. The minimum absolute atomic E-state index is 0.102. The predicted octanol–water partition coefficient (Wildman–Crippen LogP) is 3.58. The normalized spacial score (nSPS) is 17.1. The van der Waals surface area contributed by atoms with E-state index >= 15 is 0 Å². The molecule has 3 aromatic heterocycles. The molecule has 1 unspecified atom stereocenters. The first-order valence-corrected chi connectivity index (χ1v) is 10.5. The molecule has 0 bridgehead atoms. The number of rotatable bonds is 5. The van der Waals surface area contributed by atoms with E-state index in [9.17, 15) is 13.6 Å². The number of likely N-dealkylation sites (tertiary alicyclic amines) is 1. The number of hydrogen-bond acceptors (Lipinski definition) is 5. The van der Waals surface area contributed by atoms with Crippen molar-refractivity contribution in [1.82, 2.24) is 29.4 Å². The molecule has 0 aliphatic carbocycles. The largest absolute Gasteiger partial charge is 0.350 e. The summed E-state index contributed by atoms with van der Waals surface area (Å²) in [7, 11) is 1.79. The maximum Gasteiger partial charge on any atom is 0.256 e. The van der Waals surface area contributed by atoms with Crippen molar-refractivity contribution in [2.45, 2.75) is 38.8 Å². The number of imidazole rings is 1. The van der Waals surface area contributed by atoms with Crippen molar-refractivity contribution in [3.05, 3.63) is 36.4 Å². The van der Waals surface area contributed by atoms with Gasteiger partial charge in [-0.3, -0.25) is 4.79 Å². The molecule has 1 aliphatic heterocycles. The lowest BCUT2D eigenvalue weighted by atomic mass is 10.1. The molecular formula is C22H23F2N7O. The number of hydrogen-bond donors (Lipinski definition) is 2. The van der Waals surface area contributed by atoms with E-state index in [1.807, 2.05) is 24.4 Å². The van der Waals surface area contributed by atoms with E-state index in [4.69, 9.17) is 0 Å². The van der Waals surface area contributed by atoms with Gasteiger partial charge in [-0.05, 0) is 31.0 Å². The number of benzene rings is 1. The number of piperidine rings is 1. The van der Waals surface area contributed by atoms with Gasteiger partial charge in [-0.2, -0.15) is 4.98 Å². The number of aromatic nitrogens is 5. The number of anilines is 1. The quantitative estimate of drug-likeness (QED) is 0.496. The van der Waals surface area contributed by atoms with Crippen LogP contribution in [0.25, 0.3) is 33.2 Å². The van der Waals surface area contributed by atoms with E-state index in [-0.39, 0.29) is 18.5 Å². The van der Waals surface area contributed by atoms with Gasteiger partial charge in [0, 0.05) is 49.4 Å². The van der Waals surface area contributed by atoms with Crippen molar-refractivity contribution in [2.24, 2.45) is 0 Å². The molecule has 32 heavy (non-hydrogen) atoms. The van der Waals surface area contributed by atoms with Crippen molar-refractivity contribution >= 4 is 33.9 Å². The Labute approximate surface area is 182 Å². The van der Waals surface area contributed by atoms with Crippen LogP contribution in [0.4, 0.5) is 14.7 Å². The molecule has 2 N–H and O–H groups in total. The number of amides is 1. The van der Waals surface area contributed by atoms with E-state index in [1.54, 1.807) is 29.6 Å². The Kier molecular flexibility index (Phi) is 4.99. The minimum atomic E-state index is -2.45. The van der Waals surface area contributed by atoms with Crippen LogP contribution in [-0.2, 0) is 11.3 Å². The number of carbonyl (C=O) groups excluding carboxylic acids is 1. The fourth-order valence-electron chi connectivity index (χ4n) is 4.31. The highest BCUT2D eigenvalue weighted by atomic mass is 19.3. The molecule has 0 saturated carbocycles. The molecule has 4 aromatic rings. The number of halogens is 2. The van der Waals surface area contributed by atoms with Gasteiger partial charge < -0.3 is 19.8 Å². The molecular weight excluding hydrogens is 416 g/mol.